The number of carbonyl (C=O) groups is 1. The second kappa shape index (κ2) is 3.82. The third kappa shape index (κ3) is 1.69. The largest absolute Gasteiger partial charge is 0.501 e. The first-order valence-electron chi connectivity index (χ1n) is 4.61. The van der Waals surface area contributed by atoms with Gasteiger partial charge in [0.2, 0.25) is 11.2 Å². The van der Waals surface area contributed by atoms with Crippen LogP contribution in [-0.2, 0) is 0 Å². The Labute approximate surface area is 94.7 Å². The van der Waals surface area contributed by atoms with E-state index in [-0.39, 0.29) is 11.0 Å². The van der Waals surface area contributed by atoms with Gasteiger partial charge in [-0.25, -0.2) is 4.79 Å². The Morgan fingerprint density at radius 1 is 1.41 bits per heavy atom. The molecule has 1 aromatic heterocycles. The lowest BCUT2D eigenvalue weighted by atomic mass is 10.2. The summed E-state index contributed by atoms with van der Waals surface area (Å²) < 4.78 is 9.85. The second-order valence-corrected chi connectivity index (χ2v) is 3.28. The zero-order chi connectivity index (χ0) is 12.6. The molecule has 2 aromatic rings. The van der Waals surface area contributed by atoms with Gasteiger partial charge in [-0.1, -0.05) is 0 Å². The van der Waals surface area contributed by atoms with Crippen LogP contribution in [0.3, 0.4) is 0 Å². The molecule has 0 amide bonds. The van der Waals surface area contributed by atoms with E-state index in [4.69, 9.17) is 14.3 Å². The van der Waals surface area contributed by atoms with Crippen LogP contribution < -0.4 is 10.2 Å². The summed E-state index contributed by atoms with van der Waals surface area (Å²) in [6.07, 6.45) is 0. The molecule has 0 bridgehead atoms. The zero-order valence-electron chi connectivity index (χ0n) is 8.76. The number of rotatable bonds is 2. The molecule has 88 valence electrons. The maximum absolute atomic E-state index is 11.7. The molecule has 0 aliphatic heterocycles. The van der Waals surface area contributed by atoms with Crippen LogP contribution in [0.4, 0.5) is 0 Å². The number of ether oxygens (including phenoxy) is 1. The van der Waals surface area contributed by atoms with Gasteiger partial charge in [-0.05, 0) is 18.2 Å². The summed E-state index contributed by atoms with van der Waals surface area (Å²) in [6, 6.07) is 4.29. The van der Waals surface area contributed by atoms with Crippen molar-refractivity contribution in [3.05, 3.63) is 34.2 Å². The topological polar surface area (TPSA) is 97.0 Å². The van der Waals surface area contributed by atoms with E-state index >= 15 is 0 Å². The van der Waals surface area contributed by atoms with Crippen molar-refractivity contribution in [3.8, 4) is 11.5 Å². The molecule has 0 aliphatic carbocycles. The first-order valence-corrected chi connectivity index (χ1v) is 4.61. The van der Waals surface area contributed by atoms with Crippen molar-refractivity contribution in [1.82, 2.24) is 0 Å². The fraction of sp³-hybridized carbons (Fsp3) is 0.0909. The Kier molecular flexibility index (Phi) is 2.47. The molecule has 0 spiro atoms. The van der Waals surface area contributed by atoms with E-state index < -0.39 is 22.9 Å². The van der Waals surface area contributed by atoms with E-state index in [0.29, 0.717) is 5.75 Å². The predicted molar refractivity (Wildman–Crippen MR) is 57.7 cm³/mol. The van der Waals surface area contributed by atoms with Gasteiger partial charge in [0.1, 0.15) is 11.3 Å². The van der Waals surface area contributed by atoms with Gasteiger partial charge in [0, 0.05) is 0 Å². The van der Waals surface area contributed by atoms with Crippen molar-refractivity contribution in [2.75, 3.05) is 7.11 Å². The second-order valence-electron chi connectivity index (χ2n) is 3.28. The molecule has 0 saturated carbocycles. The van der Waals surface area contributed by atoms with Crippen LogP contribution in [0.2, 0.25) is 0 Å². The molecule has 2 N–H and O–H groups in total. The summed E-state index contributed by atoms with van der Waals surface area (Å²) in [5, 5.41) is 18.2. The van der Waals surface area contributed by atoms with Crippen LogP contribution in [0, 0.1) is 0 Å². The Bertz CT molecular complexity index is 655. The maximum Gasteiger partial charge on any atom is 0.375 e. The summed E-state index contributed by atoms with van der Waals surface area (Å²) in [4.78, 5) is 22.4. The molecule has 0 atom stereocenters. The van der Waals surface area contributed by atoms with E-state index in [1.54, 1.807) is 0 Å². The maximum atomic E-state index is 11.7. The van der Waals surface area contributed by atoms with Gasteiger partial charge in [-0.15, -0.1) is 0 Å². The van der Waals surface area contributed by atoms with Crippen LogP contribution in [0.5, 0.6) is 11.5 Å². The smallest absolute Gasteiger partial charge is 0.375 e. The summed E-state index contributed by atoms with van der Waals surface area (Å²) >= 11 is 0. The van der Waals surface area contributed by atoms with Gasteiger partial charge in [0.15, 0.2) is 0 Å². The fourth-order valence-corrected chi connectivity index (χ4v) is 1.44. The van der Waals surface area contributed by atoms with Crippen molar-refractivity contribution in [2.24, 2.45) is 0 Å². The van der Waals surface area contributed by atoms with E-state index in [9.17, 15) is 14.7 Å². The van der Waals surface area contributed by atoms with Gasteiger partial charge in [0.05, 0.1) is 12.5 Å². The van der Waals surface area contributed by atoms with Crippen LogP contribution in [0.15, 0.2) is 27.4 Å². The van der Waals surface area contributed by atoms with Gasteiger partial charge in [-0.2, -0.15) is 0 Å². The van der Waals surface area contributed by atoms with E-state index in [1.165, 1.54) is 25.3 Å². The van der Waals surface area contributed by atoms with E-state index in [1.807, 2.05) is 0 Å². The first-order chi connectivity index (χ1) is 8.04. The number of hydrogen-bond donors (Lipinski definition) is 2. The molecule has 0 saturated heterocycles. The Balaban J connectivity index is 2.86. The zero-order valence-corrected chi connectivity index (χ0v) is 8.76. The highest BCUT2D eigenvalue weighted by atomic mass is 16.5. The summed E-state index contributed by atoms with van der Waals surface area (Å²) in [6.45, 7) is 0. The number of benzene rings is 1. The lowest BCUT2D eigenvalue weighted by Gasteiger charge is -2.03. The normalized spacial score (nSPS) is 10.4. The number of aromatic hydroxyl groups is 1. The highest BCUT2D eigenvalue weighted by Gasteiger charge is 2.19. The molecule has 6 nitrogen and oxygen atoms in total. The van der Waals surface area contributed by atoms with E-state index in [0.717, 1.165) is 0 Å². The SMILES string of the molecule is COc1ccc2oc(C(=O)O)c(O)c(=O)c2c1. The highest BCUT2D eigenvalue weighted by molar-refractivity contribution is 5.91. The van der Waals surface area contributed by atoms with Crippen LogP contribution in [0.1, 0.15) is 10.6 Å². The predicted octanol–water partition coefficient (Wildman–Crippen LogP) is 1.21. The van der Waals surface area contributed by atoms with Gasteiger partial charge < -0.3 is 19.4 Å². The molecule has 2 rings (SSSR count). The van der Waals surface area contributed by atoms with Crippen molar-refractivity contribution in [3.63, 3.8) is 0 Å². The molecule has 1 heterocycles. The molecule has 0 fully saturated rings. The third-order valence-electron chi connectivity index (χ3n) is 2.27. The van der Waals surface area contributed by atoms with Crippen molar-refractivity contribution < 1.29 is 24.2 Å². The molecule has 0 radical (unpaired) electrons. The quantitative estimate of drug-likeness (QED) is 0.813. The van der Waals surface area contributed by atoms with Crippen molar-refractivity contribution >= 4 is 16.9 Å². The fourth-order valence-electron chi connectivity index (χ4n) is 1.44. The van der Waals surface area contributed by atoms with Gasteiger partial charge in [-0.3, -0.25) is 4.79 Å². The number of fused-ring (bicyclic) bond motifs is 1. The van der Waals surface area contributed by atoms with Crippen LogP contribution in [-0.4, -0.2) is 23.3 Å². The van der Waals surface area contributed by atoms with Gasteiger partial charge >= 0.3 is 5.97 Å². The number of carboxylic acid groups (broad SMARTS) is 1. The minimum absolute atomic E-state index is 0.0619. The van der Waals surface area contributed by atoms with E-state index in [2.05, 4.69) is 0 Å². The summed E-state index contributed by atoms with van der Waals surface area (Å²) in [5.74, 6) is -2.78. The Hall–Kier alpha value is -2.50. The standard InChI is InChI=1S/C11H8O6/c1-16-5-2-3-7-6(4-5)8(12)9(13)10(17-7)11(14)15/h2-4,13H,1H3,(H,14,15). The minimum atomic E-state index is -1.50. The third-order valence-corrected chi connectivity index (χ3v) is 2.27. The molecule has 0 unspecified atom stereocenters. The molecular weight excluding hydrogens is 228 g/mol. The molecule has 6 heteroatoms. The van der Waals surface area contributed by atoms with Crippen LogP contribution in [0.25, 0.3) is 11.0 Å². The lowest BCUT2D eigenvalue weighted by Crippen LogP contribution is -2.08. The average molecular weight is 236 g/mol. The van der Waals surface area contributed by atoms with Crippen molar-refractivity contribution in [1.29, 1.82) is 0 Å². The number of methoxy groups -OCH3 is 1. The van der Waals surface area contributed by atoms with Crippen LogP contribution >= 0.6 is 0 Å². The van der Waals surface area contributed by atoms with Crippen molar-refractivity contribution in [2.45, 2.75) is 0 Å². The number of carboxylic acids is 1. The Morgan fingerprint density at radius 3 is 2.71 bits per heavy atom. The summed E-state index contributed by atoms with van der Waals surface area (Å²) in [7, 11) is 1.42. The number of hydrogen-bond acceptors (Lipinski definition) is 5. The molecule has 1 aromatic carbocycles. The summed E-state index contributed by atoms with van der Waals surface area (Å²) in [5.41, 5.74) is -0.728. The average Bonchev–Trinajstić information content (AvgIpc) is 2.33. The molecular formula is C11H8O6. The minimum Gasteiger partial charge on any atom is -0.501 e. The Morgan fingerprint density at radius 2 is 2.12 bits per heavy atom. The highest BCUT2D eigenvalue weighted by Crippen LogP contribution is 2.23. The lowest BCUT2D eigenvalue weighted by molar-refractivity contribution is 0.0657. The molecule has 0 aliphatic rings. The first kappa shape index (κ1) is 11.0. The number of aromatic carboxylic acids is 1. The monoisotopic (exact) mass is 236 g/mol. The molecule has 17 heavy (non-hydrogen) atoms. The van der Waals surface area contributed by atoms with Gasteiger partial charge in [0.25, 0.3) is 5.76 Å².